The van der Waals surface area contributed by atoms with Crippen LogP contribution in [0.5, 0.6) is 5.75 Å². The number of hydrogen-bond donors (Lipinski definition) is 1. The number of rotatable bonds is 7. The quantitative estimate of drug-likeness (QED) is 0.839. The van der Waals surface area contributed by atoms with Gasteiger partial charge in [0.2, 0.25) is 0 Å². The maximum Gasteiger partial charge on any atom is 0.123 e. The van der Waals surface area contributed by atoms with Gasteiger partial charge in [-0.3, -0.25) is 0 Å². The summed E-state index contributed by atoms with van der Waals surface area (Å²) in [6.07, 6.45) is 1.00. The molecule has 3 heteroatoms. The van der Waals surface area contributed by atoms with Gasteiger partial charge in [-0.25, -0.2) is 0 Å². The first-order valence-electron chi connectivity index (χ1n) is 7.03. The van der Waals surface area contributed by atoms with E-state index in [1.165, 1.54) is 16.3 Å². The Morgan fingerprint density at radius 1 is 1.10 bits per heavy atom. The summed E-state index contributed by atoms with van der Waals surface area (Å²) in [7, 11) is 3.46. The average molecular weight is 273 g/mol. The van der Waals surface area contributed by atoms with E-state index in [0.717, 1.165) is 25.3 Å². The molecule has 0 radical (unpaired) electrons. The van der Waals surface area contributed by atoms with Crippen LogP contribution in [-0.4, -0.2) is 26.9 Å². The number of methoxy groups -OCH3 is 2. The first-order valence-corrected chi connectivity index (χ1v) is 7.03. The van der Waals surface area contributed by atoms with Gasteiger partial charge < -0.3 is 14.8 Å². The fourth-order valence-corrected chi connectivity index (χ4v) is 2.36. The first kappa shape index (κ1) is 14.8. The molecule has 2 rings (SSSR count). The fourth-order valence-electron chi connectivity index (χ4n) is 2.36. The van der Waals surface area contributed by atoms with Crippen LogP contribution >= 0.6 is 0 Å². The van der Waals surface area contributed by atoms with Crippen molar-refractivity contribution in [3.63, 3.8) is 0 Å². The molecular formula is C17H23NO2. The van der Waals surface area contributed by atoms with Gasteiger partial charge in [-0.05, 0) is 30.2 Å². The van der Waals surface area contributed by atoms with E-state index in [9.17, 15) is 0 Å². The Kier molecular flexibility index (Phi) is 5.39. The largest absolute Gasteiger partial charge is 0.496 e. The van der Waals surface area contributed by atoms with E-state index in [0.29, 0.717) is 6.04 Å². The minimum Gasteiger partial charge on any atom is -0.496 e. The number of ether oxygens (including phenoxy) is 2. The van der Waals surface area contributed by atoms with Crippen LogP contribution in [-0.2, 0) is 11.3 Å². The lowest BCUT2D eigenvalue weighted by Crippen LogP contribution is -2.27. The van der Waals surface area contributed by atoms with Gasteiger partial charge in [-0.15, -0.1) is 0 Å². The van der Waals surface area contributed by atoms with Crippen LogP contribution in [0, 0.1) is 0 Å². The molecule has 1 N–H and O–H groups in total. The normalized spacial score (nSPS) is 12.6. The molecule has 3 nitrogen and oxygen atoms in total. The van der Waals surface area contributed by atoms with Crippen molar-refractivity contribution in [2.24, 2.45) is 0 Å². The van der Waals surface area contributed by atoms with Gasteiger partial charge in [-0.1, -0.05) is 30.3 Å². The van der Waals surface area contributed by atoms with Crippen molar-refractivity contribution in [3.8, 4) is 5.75 Å². The van der Waals surface area contributed by atoms with Crippen LogP contribution in [0.25, 0.3) is 10.8 Å². The summed E-state index contributed by atoms with van der Waals surface area (Å²) in [6, 6.07) is 13.0. The second kappa shape index (κ2) is 7.27. The Morgan fingerprint density at radius 2 is 1.90 bits per heavy atom. The molecule has 0 aliphatic carbocycles. The van der Waals surface area contributed by atoms with Gasteiger partial charge in [0.05, 0.1) is 7.11 Å². The van der Waals surface area contributed by atoms with Crippen LogP contribution in [0.4, 0.5) is 0 Å². The number of hydrogen-bond acceptors (Lipinski definition) is 3. The second-order valence-corrected chi connectivity index (χ2v) is 5.03. The van der Waals surface area contributed by atoms with Gasteiger partial charge in [0.1, 0.15) is 5.75 Å². The van der Waals surface area contributed by atoms with Gasteiger partial charge >= 0.3 is 0 Å². The molecule has 0 heterocycles. The molecule has 0 aliphatic rings. The summed E-state index contributed by atoms with van der Waals surface area (Å²) in [5, 5.41) is 6.03. The number of nitrogens with one attached hydrogen (secondary N) is 1. The van der Waals surface area contributed by atoms with E-state index < -0.39 is 0 Å². The molecule has 0 aromatic heterocycles. The number of benzene rings is 2. The monoisotopic (exact) mass is 273 g/mol. The predicted molar refractivity (Wildman–Crippen MR) is 83.3 cm³/mol. The number of fused-ring (bicyclic) bond motifs is 1. The Hall–Kier alpha value is -1.58. The Bertz CT molecular complexity index is 554. The van der Waals surface area contributed by atoms with E-state index in [1.54, 1.807) is 14.2 Å². The zero-order chi connectivity index (χ0) is 14.4. The third-order valence-corrected chi connectivity index (χ3v) is 3.60. The summed E-state index contributed by atoms with van der Waals surface area (Å²) < 4.78 is 10.6. The highest BCUT2D eigenvalue weighted by molar-refractivity contribution is 5.87. The summed E-state index contributed by atoms with van der Waals surface area (Å²) >= 11 is 0. The van der Waals surface area contributed by atoms with Crippen molar-refractivity contribution >= 4 is 10.8 Å². The Labute approximate surface area is 120 Å². The van der Waals surface area contributed by atoms with E-state index in [2.05, 4.69) is 42.6 Å². The summed E-state index contributed by atoms with van der Waals surface area (Å²) in [5.41, 5.74) is 1.22. The Balaban J connectivity index is 2.18. The van der Waals surface area contributed by atoms with Crippen LogP contribution < -0.4 is 10.1 Å². The van der Waals surface area contributed by atoms with Gasteiger partial charge in [0.15, 0.2) is 0 Å². The van der Waals surface area contributed by atoms with Gasteiger partial charge in [0, 0.05) is 31.9 Å². The molecule has 0 amide bonds. The second-order valence-electron chi connectivity index (χ2n) is 5.03. The van der Waals surface area contributed by atoms with Gasteiger partial charge in [0.25, 0.3) is 0 Å². The smallest absolute Gasteiger partial charge is 0.123 e. The lowest BCUT2D eigenvalue weighted by molar-refractivity contribution is 0.184. The van der Waals surface area contributed by atoms with Crippen LogP contribution in [0.1, 0.15) is 18.9 Å². The molecule has 20 heavy (non-hydrogen) atoms. The minimum absolute atomic E-state index is 0.415. The van der Waals surface area contributed by atoms with E-state index in [-0.39, 0.29) is 0 Å². The molecule has 0 fully saturated rings. The van der Waals surface area contributed by atoms with Gasteiger partial charge in [-0.2, -0.15) is 0 Å². The molecule has 0 spiro atoms. The Morgan fingerprint density at radius 3 is 2.65 bits per heavy atom. The van der Waals surface area contributed by atoms with Crippen molar-refractivity contribution in [2.45, 2.75) is 25.9 Å². The maximum absolute atomic E-state index is 5.50. The lowest BCUT2D eigenvalue weighted by Gasteiger charge is -2.17. The molecule has 2 aromatic rings. The van der Waals surface area contributed by atoms with Crippen molar-refractivity contribution in [2.75, 3.05) is 20.8 Å². The summed E-state index contributed by atoms with van der Waals surface area (Å²) in [6.45, 7) is 3.76. The molecule has 0 bridgehead atoms. The van der Waals surface area contributed by atoms with Crippen molar-refractivity contribution in [3.05, 3.63) is 42.0 Å². The van der Waals surface area contributed by atoms with E-state index in [4.69, 9.17) is 9.47 Å². The molecule has 0 aliphatic heterocycles. The third kappa shape index (κ3) is 3.50. The van der Waals surface area contributed by atoms with E-state index >= 15 is 0 Å². The fraction of sp³-hybridized carbons (Fsp3) is 0.412. The zero-order valence-corrected chi connectivity index (χ0v) is 12.5. The lowest BCUT2D eigenvalue weighted by atomic mass is 10.0. The molecule has 1 unspecified atom stereocenters. The molecule has 1 atom stereocenters. The first-order chi connectivity index (χ1) is 9.76. The highest BCUT2D eigenvalue weighted by Gasteiger charge is 2.09. The maximum atomic E-state index is 5.50. The minimum atomic E-state index is 0.415. The standard InChI is InChI=1S/C17H23NO2/c1-13(10-11-19-2)18-12-16-15-7-5-4-6-14(15)8-9-17(16)20-3/h4-9,13,18H,10-12H2,1-3H3. The highest BCUT2D eigenvalue weighted by Crippen LogP contribution is 2.27. The highest BCUT2D eigenvalue weighted by atomic mass is 16.5. The van der Waals surface area contributed by atoms with Crippen molar-refractivity contribution < 1.29 is 9.47 Å². The van der Waals surface area contributed by atoms with Crippen molar-refractivity contribution in [1.82, 2.24) is 5.32 Å². The predicted octanol–water partition coefficient (Wildman–Crippen LogP) is 3.36. The molecule has 0 saturated heterocycles. The SMILES string of the molecule is COCCC(C)NCc1c(OC)ccc2ccccc12. The average Bonchev–Trinajstić information content (AvgIpc) is 2.50. The van der Waals surface area contributed by atoms with Crippen LogP contribution in [0.3, 0.4) is 0 Å². The molecule has 0 saturated carbocycles. The zero-order valence-electron chi connectivity index (χ0n) is 12.5. The molecule has 108 valence electrons. The topological polar surface area (TPSA) is 30.5 Å². The summed E-state index contributed by atoms with van der Waals surface area (Å²) in [5.74, 6) is 0.940. The van der Waals surface area contributed by atoms with Crippen molar-refractivity contribution in [1.29, 1.82) is 0 Å². The van der Waals surface area contributed by atoms with Crippen LogP contribution in [0.15, 0.2) is 36.4 Å². The van der Waals surface area contributed by atoms with E-state index in [1.807, 2.05) is 6.07 Å². The molecule has 2 aromatic carbocycles. The van der Waals surface area contributed by atoms with Crippen LogP contribution in [0.2, 0.25) is 0 Å². The molecular weight excluding hydrogens is 250 g/mol. The summed E-state index contributed by atoms with van der Waals surface area (Å²) in [4.78, 5) is 0. The third-order valence-electron chi connectivity index (χ3n) is 3.60.